The fraction of sp³-hybridized carbons (Fsp3) is 0.0526. The van der Waals surface area contributed by atoms with E-state index in [9.17, 15) is 30.3 Å². The summed E-state index contributed by atoms with van der Waals surface area (Å²) >= 11 is 3.69. The number of hydrogen-bond donors (Lipinski definition) is 0. The van der Waals surface area contributed by atoms with Gasteiger partial charge in [-0.15, -0.1) is 0 Å². The number of halogens is 1. The first kappa shape index (κ1) is 20.1. The Morgan fingerprint density at radius 1 is 0.517 bits per heavy atom. The Morgan fingerprint density at radius 3 is 0.897 bits per heavy atom. The Balaban J connectivity index is 2.18. The van der Waals surface area contributed by atoms with E-state index in [1.54, 1.807) is 36.4 Å². The Bertz CT molecular complexity index is 943. The van der Waals surface area contributed by atoms with Gasteiger partial charge in [0.2, 0.25) is 0 Å². The number of non-ortho nitro benzene ring substituents is 3. The van der Waals surface area contributed by atoms with Crippen molar-refractivity contribution in [3.05, 3.63) is 120 Å². The minimum atomic E-state index is -1.04. The molecule has 3 rings (SSSR count). The molecule has 0 spiro atoms. The molecule has 10 heteroatoms. The Kier molecular flexibility index (Phi) is 5.37. The van der Waals surface area contributed by atoms with Crippen LogP contribution in [-0.4, -0.2) is 14.8 Å². The summed E-state index contributed by atoms with van der Waals surface area (Å²) in [6, 6.07) is 17.5. The van der Waals surface area contributed by atoms with Crippen molar-refractivity contribution < 1.29 is 14.8 Å². The van der Waals surface area contributed by atoms with Gasteiger partial charge in [-0.25, -0.2) is 0 Å². The lowest BCUT2D eigenvalue weighted by Gasteiger charge is -2.29. The molecule has 0 unspecified atom stereocenters. The van der Waals surface area contributed by atoms with E-state index >= 15 is 0 Å². The molecule has 0 atom stereocenters. The van der Waals surface area contributed by atoms with Gasteiger partial charge < -0.3 is 0 Å². The molecule has 0 heterocycles. The second-order valence-corrected chi connectivity index (χ2v) is 7.26. The molecule has 0 bridgehead atoms. The molecule has 3 aromatic carbocycles. The van der Waals surface area contributed by atoms with E-state index in [1.807, 2.05) is 0 Å². The first-order valence-corrected chi connectivity index (χ1v) is 8.96. The number of nitro benzene ring substituents is 3. The zero-order valence-electron chi connectivity index (χ0n) is 14.6. The van der Waals surface area contributed by atoms with Gasteiger partial charge in [-0.2, -0.15) is 0 Å². The third-order valence-corrected chi connectivity index (χ3v) is 5.80. The monoisotopic (exact) mass is 457 g/mol. The molecule has 0 radical (unpaired) electrons. The lowest BCUT2D eigenvalue weighted by Crippen LogP contribution is -2.21. The molecule has 146 valence electrons. The van der Waals surface area contributed by atoms with E-state index in [0.29, 0.717) is 16.7 Å². The molecule has 0 aliphatic heterocycles. The van der Waals surface area contributed by atoms with Gasteiger partial charge in [0.05, 0.1) is 14.8 Å². The molecular weight excluding hydrogens is 446 g/mol. The van der Waals surface area contributed by atoms with Gasteiger partial charge in [-0.3, -0.25) is 30.3 Å². The smallest absolute Gasteiger partial charge is 0.258 e. The molecular formula is C19H12BrN3O6. The van der Waals surface area contributed by atoms with Crippen LogP contribution in [0.4, 0.5) is 17.1 Å². The summed E-state index contributed by atoms with van der Waals surface area (Å²) in [5.41, 5.74) is 1.59. The fourth-order valence-corrected chi connectivity index (χ4v) is 3.73. The molecule has 0 amide bonds. The van der Waals surface area contributed by atoms with Crippen LogP contribution < -0.4 is 0 Å². The van der Waals surface area contributed by atoms with Gasteiger partial charge >= 0.3 is 0 Å². The molecule has 0 aromatic heterocycles. The molecule has 0 N–H and O–H groups in total. The molecule has 0 fully saturated rings. The van der Waals surface area contributed by atoms with Crippen molar-refractivity contribution in [1.82, 2.24) is 0 Å². The van der Waals surface area contributed by atoms with Crippen LogP contribution >= 0.6 is 15.9 Å². The van der Waals surface area contributed by atoms with E-state index in [-0.39, 0.29) is 17.1 Å². The summed E-state index contributed by atoms with van der Waals surface area (Å²) in [5, 5.41) is 32.9. The van der Waals surface area contributed by atoms with Gasteiger partial charge in [-0.05, 0) is 16.7 Å². The maximum atomic E-state index is 11.0. The van der Waals surface area contributed by atoms with E-state index in [1.165, 1.54) is 36.4 Å². The highest BCUT2D eigenvalue weighted by atomic mass is 79.9. The molecule has 29 heavy (non-hydrogen) atoms. The summed E-state index contributed by atoms with van der Waals surface area (Å²) in [7, 11) is 0. The maximum absolute atomic E-state index is 11.0. The van der Waals surface area contributed by atoms with Crippen LogP contribution in [0.5, 0.6) is 0 Å². The van der Waals surface area contributed by atoms with Crippen LogP contribution in [0.3, 0.4) is 0 Å². The standard InChI is InChI=1S/C19H12BrN3O6/c20-19(13-1-7-16(8-2-13)21(24)25,14-3-9-17(10-4-14)22(26)27)15-5-11-18(12-6-15)23(28)29/h1-12H. The quantitative estimate of drug-likeness (QED) is 0.219. The minimum absolute atomic E-state index is 0.0870. The summed E-state index contributed by atoms with van der Waals surface area (Å²) in [6.45, 7) is 0. The second-order valence-electron chi connectivity index (χ2n) is 6.07. The van der Waals surface area contributed by atoms with E-state index in [2.05, 4.69) is 15.9 Å². The van der Waals surface area contributed by atoms with Gasteiger partial charge in [-0.1, -0.05) is 52.3 Å². The number of rotatable bonds is 6. The average Bonchev–Trinajstić information content (AvgIpc) is 2.73. The average molecular weight is 458 g/mol. The maximum Gasteiger partial charge on any atom is 0.269 e. The van der Waals surface area contributed by atoms with Crippen molar-refractivity contribution in [1.29, 1.82) is 0 Å². The largest absolute Gasteiger partial charge is 0.269 e. The topological polar surface area (TPSA) is 129 Å². The van der Waals surface area contributed by atoms with Gasteiger partial charge in [0, 0.05) is 36.4 Å². The molecule has 0 saturated heterocycles. The predicted molar refractivity (Wildman–Crippen MR) is 108 cm³/mol. The first-order valence-electron chi connectivity index (χ1n) is 8.17. The first-order chi connectivity index (χ1) is 13.7. The summed E-state index contributed by atoms with van der Waals surface area (Å²) in [5.74, 6) is 0. The summed E-state index contributed by atoms with van der Waals surface area (Å²) in [4.78, 5) is 31.4. The summed E-state index contributed by atoms with van der Waals surface area (Å²) in [6.07, 6.45) is 0. The number of hydrogen-bond acceptors (Lipinski definition) is 6. The van der Waals surface area contributed by atoms with Crippen LogP contribution in [0.2, 0.25) is 0 Å². The molecule has 0 aliphatic rings. The zero-order valence-corrected chi connectivity index (χ0v) is 16.2. The van der Waals surface area contributed by atoms with Crippen LogP contribution in [0.25, 0.3) is 0 Å². The number of benzene rings is 3. The third-order valence-electron chi connectivity index (χ3n) is 4.43. The van der Waals surface area contributed by atoms with E-state index < -0.39 is 19.1 Å². The van der Waals surface area contributed by atoms with Crippen molar-refractivity contribution in [2.75, 3.05) is 0 Å². The molecule has 0 aliphatic carbocycles. The van der Waals surface area contributed by atoms with E-state index in [0.717, 1.165) is 0 Å². The van der Waals surface area contributed by atoms with Gasteiger partial charge in [0.15, 0.2) is 0 Å². The fourth-order valence-electron chi connectivity index (χ4n) is 2.94. The van der Waals surface area contributed by atoms with Crippen LogP contribution in [0, 0.1) is 30.3 Å². The number of nitrogens with zero attached hydrogens (tertiary/aromatic N) is 3. The highest BCUT2D eigenvalue weighted by molar-refractivity contribution is 9.10. The van der Waals surface area contributed by atoms with Crippen LogP contribution in [0.15, 0.2) is 72.8 Å². The second kappa shape index (κ2) is 7.76. The van der Waals surface area contributed by atoms with Crippen molar-refractivity contribution in [2.24, 2.45) is 0 Å². The third kappa shape index (κ3) is 3.83. The zero-order chi connectivity index (χ0) is 21.2. The Morgan fingerprint density at radius 2 is 0.724 bits per heavy atom. The lowest BCUT2D eigenvalue weighted by molar-refractivity contribution is -0.385. The van der Waals surface area contributed by atoms with Crippen LogP contribution in [0.1, 0.15) is 16.7 Å². The van der Waals surface area contributed by atoms with Gasteiger partial charge in [0.25, 0.3) is 17.1 Å². The molecule has 0 saturated carbocycles. The number of nitro groups is 3. The van der Waals surface area contributed by atoms with Gasteiger partial charge in [0.1, 0.15) is 4.32 Å². The van der Waals surface area contributed by atoms with E-state index in [4.69, 9.17) is 0 Å². The van der Waals surface area contributed by atoms with Crippen molar-refractivity contribution in [3.8, 4) is 0 Å². The Hall–Kier alpha value is -3.66. The van der Waals surface area contributed by atoms with Crippen molar-refractivity contribution in [3.63, 3.8) is 0 Å². The Labute approximate surface area is 172 Å². The predicted octanol–water partition coefficient (Wildman–Crippen LogP) is 5.10. The van der Waals surface area contributed by atoms with Crippen LogP contribution in [-0.2, 0) is 4.32 Å². The minimum Gasteiger partial charge on any atom is -0.258 e. The molecule has 9 nitrogen and oxygen atoms in total. The summed E-state index contributed by atoms with van der Waals surface area (Å²) < 4.78 is -1.04. The van der Waals surface area contributed by atoms with Crippen molar-refractivity contribution in [2.45, 2.75) is 4.32 Å². The SMILES string of the molecule is O=[N+]([O-])c1ccc(C(Br)(c2ccc([N+](=O)[O-])cc2)c2ccc([N+](=O)[O-])cc2)cc1. The molecule has 3 aromatic rings. The number of alkyl halides is 1. The lowest BCUT2D eigenvalue weighted by atomic mass is 9.84. The van der Waals surface area contributed by atoms with Crippen molar-refractivity contribution >= 4 is 33.0 Å². The highest BCUT2D eigenvalue weighted by Crippen LogP contribution is 2.45. The normalized spacial score (nSPS) is 11.1. The highest BCUT2D eigenvalue weighted by Gasteiger charge is 2.34.